The highest BCUT2D eigenvalue weighted by atomic mass is 32.2. The van der Waals surface area contributed by atoms with Gasteiger partial charge in [0.1, 0.15) is 9.84 Å². The summed E-state index contributed by atoms with van der Waals surface area (Å²) in [6.45, 7) is 2.16. The number of nitrogens with one attached hydrogen (secondary N) is 2. The lowest BCUT2D eigenvalue weighted by Crippen LogP contribution is -2.41. The van der Waals surface area contributed by atoms with Crippen LogP contribution in [0.5, 0.6) is 0 Å². The summed E-state index contributed by atoms with van der Waals surface area (Å²) < 4.78 is 21.7. The number of piperidine rings is 1. The molecule has 1 fully saturated rings. The second kappa shape index (κ2) is 6.20. The highest BCUT2D eigenvalue weighted by molar-refractivity contribution is 7.90. The number of carbonyl (C=O) groups excluding carboxylic acids is 1. The molecule has 1 heterocycles. The zero-order valence-electron chi connectivity index (χ0n) is 9.66. The molecule has 2 N–H and O–H groups in total. The summed E-state index contributed by atoms with van der Waals surface area (Å²) in [6.07, 6.45) is 3.65. The highest BCUT2D eigenvalue weighted by Crippen LogP contribution is 2.09. The molecule has 5 nitrogen and oxygen atoms in total. The van der Waals surface area contributed by atoms with Crippen LogP contribution in [0.2, 0.25) is 0 Å². The molecular weight excluding hydrogens is 228 g/mol. The van der Waals surface area contributed by atoms with Crippen LogP contribution >= 0.6 is 0 Å². The quantitative estimate of drug-likeness (QED) is 0.645. The molecule has 0 spiro atoms. The lowest BCUT2D eigenvalue weighted by molar-refractivity contribution is -0.125. The van der Waals surface area contributed by atoms with Gasteiger partial charge in [0, 0.05) is 19.3 Å². The van der Waals surface area contributed by atoms with Crippen molar-refractivity contribution in [2.75, 3.05) is 31.6 Å². The van der Waals surface area contributed by atoms with E-state index in [0.717, 1.165) is 25.9 Å². The number of amides is 1. The third-order valence-electron chi connectivity index (χ3n) is 2.66. The number of sulfone groups is 1. The van der Waals surface area contributed by atoms with E-state index in [2.05, 4.69) is 10.6 Å². The van der Waals surface area contributed by atoms with Crippen LogP contribution in [-0.4, -0.2) is 46.0 Å². The zero-order chi connectivity index (χ0) is 12.0. The van der Waals surface area contributed by atoms with Crippen LogP contribution in [0.1, 0.15) is 19.3 Å². The first kappa shape index (κ1) is 13.4. The number of hydrogen-bond donors (Lipinski definition) is 2. The summed E-state index contributed by atoms with van der Waals surface area (Å²) in [5.74, 6) is 0.226. The monoisotopic (exact) mass is 248 g/mol. The minimum absolute atomic E-state index is 0.0423. The van der Waals surface area contributed by atoms with E-state index in [1.54, 1.807) is 0 Å². The summed E-state index contributed by atoms with van der Waals surface area (Å²) in [7, 11) is -2.91. The van der Waals surface area contributed by atoms with Gasteiger partial charge in [-0.1, -0.05) is 0 Å². The minimum Gasteiger partial charge on any atom is -0.356 e. The molecule has 1 aliphatic rings. The molecule has 1 amide bonds. The van der Waals surface area contributed by atoms with Gasteiger partial charge in [0.05, 0.1) is 11.7 Å². The van der Waals surface area contributed by atoms with Gasteiger partial charge in [-0.15, -0.1) is 0 Å². The average Bonchev–Trinajstić information content (AvgIpc) is 2.24. The Morgan fingerprint density at radius 2 is 2.25 bits per heavy atom. The average molecular weight is 248 g/mol. The first-order chi connectivity index (χ1) is 7.49. The van der Waals surface area contributed by atoms with E-state index in [9.17, 15) is 13.2 Å². The SMILES string of the molecule is CS(=O)(=O)CCCNC(=O)C1CCCNC1. The molecule has 1 aliphatic heterocycles. The van der Waals surface area contributed by atoms with Gasteiger partial charge in [-0.3, -0.25) is 4.79 Å². The standard InChI is InChI=1S/C10H20N2O3S/c1-16(14,15)7-3-6-12-10(13)9-4-2-5-11-8-9/h9,11H,2-8H2,1H3,(H,12,13). The molecule has 0 aliphatic carbocycles. The number of hydrogen-bond acceptors (Lipinski definition) is 4. The Kier molecular flexibility index (Phi) is 5.21. The van der Waals surface area contributed by atoms with E-state index >= 15 is 0 Å². The zero-order valence-corrected chi connectivity index (χ0v) is 10.5. The number of rotatable bonds is 5. The molecule has 1 rings (SSSR count). The third kappa shape index (κ3) is 5.46. The van der Waals surface area contributed by atoms with Crippen molar-refractivity contribution in [2.24, 2.45) is 5.92 Å². The Morgan fingerprint density at radius 1 is 1.50 bits per heavy atom. The smallest absolute Gasteiger partial charge is 0.224 e. The van der Waals surface area contributed by atoms with Crippen molar-refractivity contribution < 1.29 is 13.2 Å². The Hall–Kier alpha value is -0.620. The van der Waals surface area contributed by atoms with E-state index in [1.807, 2.05) is 0 Å². The van der Waals surface area contributed by atoms with Crippen molar-refractivity contribution in [3.63, 3.8) is 0 Å². The van der Waals surface area contributed by atoms with Gasteiger partial charge in [0.15, 0.2) is 0 Å². The van der Waals surface area contributed by atoms with Crippen molar-refractivity contribution >= 4 is 15.7 Å². The summed E-state index contributed by atoms with van der Waals surface area (Å²) in [4.78, 5) is 11.6. The minimum atomic E-state index is -2.91. The molecular formula is C10H20N2O3S. The predicted octanol–water partition coefficient (Wildman–Crippen LogP) is -0.463. The summed E-state index contributed by atoms with van der Waals surface area (Å²) in [5.41, 5.74) is 0. The summed E-state index contributed by atoms with van der Waals surface area (Å²) in [5, 5.41) is 5.96. The van der Waals surface area contributed by atoms with Crippen LogP contribution < -0.4 is 10.6 Å². The number of carbonyl (C=O) groups is 1. The van der Waals surface area contributed by atoms with E-state index < -0.39 is 9.84 Å². The fourth-order valence-corrected chi connectivity index (χ4v) is 2.43. The van der Waals surface area contributed by atoms with E-state index in [4.69, 9.17) is 0 Å². The van der Waals surface area contributed by atoms with Crippen molar-refractivity contribution in [3.8, 4) is 0 Å². The van der Waals surface area contributed by atoms with Crippen LogP contribution in [0.4, 0.5) is 0 Å². The Labute approximate surface area is 96.9 Å². The fourth-order valence-electron chi connectivity index (χ4n) is 1.77. The molecule has 0 aromatic heterocycles. The molecule has 16 heavy (non-hydrogen) atoms. The fraction of sp³-hybridized carbons (Fsp3) is 0.900. The molecule has 1 saturated heterocycles. The lowest BCUT2D eigenvalue weighted by atomic mass is 9.99. The lowest BCUT2D eigenvalue weighted by Gasteiger charge is -2.21. The van der Waals surface area contributed by atoms with Gasteiger partial charge in [0.25, 0.3) is 0 Å². The van der Waals surface area contributed by atoms with Gasteiger partial charge in [0.2, 0.25) is 5.91 Å². The topological polar surface area (TPSA) is 75.3 Å². The van der Waals surface area contributed by atoms with Crippen molar-refractivity contribution in [3.05, 3.63) is 0 Å². The molecule has 0 radical (unpaired) electrons. The molecule has 0 saturated carbocycles. The second-order valence-corrected chi connectivity index (χ2v) is 6.58. The largest absolute Gasteiger partial charge is 0.356 e. The van der Waals surface area contributed by atoms with Gasteiger partial charge in [-0.25, -0.2) is 8.42 Å². The van der Waals surface area contributed by atoms with Gasteiger partial charge in [-0.05, 0) is 25.8 Å². The molecule has 0 bridgehead atoms. The third-order valence-corrected chi connectivity index (χ3v) is 3.69. The first-order valence-electron chi connectivity index (χ1n) is 5.65. The Morgan fingerprint density at radius 3 is 2.81 bits per heavy atom. The maximum atomic E-state index is 11.6. The molecule has 0 aromatic rings. The Balaban J connectivity index is 2.14. The van der Waals surface area contributed by atoms with Crippen LogP contribution in [0.3, 0.4) is 0 Å². The second-order valence-electron chi connectivity index (χ2n) is 4.32. The van der Waals surface area contributed by atoms with Crippen molar-refractivity contribution in [1.29, 1.82) is 0 Å². The van der Waals surface area contributed by atoms with E-state index in [0.29, 0.717) is 13.0 Å². The van der Waals surface area contributed by atoms with E-state index in [1.165, 1.54) is 6.26 Å². The molecule has 0 aromatic carbocycles. The predicted molar refractivity (Wildman–Crippen MR) is 62.9 cm³/mol. The molecule has 94 valence electrons. The van der Waals surface area contributed by atoms with Crippen LogP contribution in [0.15, 0.2) is 0 Å². The van der Waals surface area contributed by atoms with Gasteiger partial charge in [-0.2, -0.15) is 0 Å². The van der Waals surface area contributed by atoms with Crippen LogP contribution in [-0.2, 0) is 14.6 Å². The maximum Gasteiger partial charge on any atom is 0.224 e. The highest BCUT2D eigenvalue weighted by Gasteiger charge is 2.20. The summed E-state index contributed by atoms with van der Waals surface area (Å²) in [6, 6.07) is 0. The van der Waals surface area contributed by atoms with Gasteiger partial charge < -0.3 is 10.6 Å². The van der Waals surface area contributed by atoms with Crippen molar-refractivity contribution in [2.45, 2.75) is 19.3 Å². The summed E-state index contributed by atoms with van der Waals surface area (Å²) >= 11 is 0. The first-order valence-corrected chi connectivity index (χ1v) is 7.71. The van der Waals surface area contributed by atoms with Crippen molar-refractivity contribution in [1.82, 2.24) is 10.6 Å². The van der Waals surface area contributed by atoms with Gasteiger partial charge >= 0.3 is 0 Å². The van der Waals surface area contributed by atoms with Crippen LogP contribution in [0.25, 0.3) is 0 Å². The van der Waals surface area contributed by atoms with Crippen LogP contribution in [0, 0.1) is 5.92 Å². The molecule has 6 heteroatoms. The Bertz CT molecular complexity index is 321. The molecule has 1 unspecified atom stereocenters. The normalized spacial score (nSPS) is 21.7. The molecule has 1 atom stereocenters. The van der Waals surface area contributed by atoms with E-state index in [-0.39, 0.29) is 17.6 Å². The maximum absolute atomic E-state index is 11.6.